The Morgan fingerprint density at radius 1 is 1.10 bits per heavy atom. The Morgan fingerprint density at radius 2 is 1.81 bits per heavy atom. The van der Waals surface area contributed by atoms with Gasteiger partial charge in [-0.2, -0.15) is 8.42 Å². The summed E-state index contributed by atoms with van der Waals surface area (Å²) >= 11 is 0. The van der Waals surface area contributed by atoms with E-state index in [0.717, 1.165) is 31.2 Å². The van der Waals surface area contributed by atoms with Crippen molar-refractivity contribution in [3.05, 3.63) is 45.9 Å². The Kier molecular flexibility index (Phi) is 4.39. The molecule has 0 atom stereocenters. The summed E-state index contributed by atoms with van der Waals surface area (Å²) in [5, 5.41) is 0. The van der Waals surface area contributed by atoms with Crippen molar-refractivity contribution >= 4 is 21.7 Å². The highest BCUT2D eigenvalue weighted by Gasteiger charge is 2.32. The van der Waals surface area contributed by atoms with Crippen LogP contribution in [0.1, 0.15) is 52.5 Å². The van der Waals surface area contributed by atoms with Gasteiger partial charge in [-0.05, 0) is 30.5 Å². The van der Waals surface area contributed by atoms with Crippen molar-refractivity contribution in [3.8, 4) is 0 Å². The first-order chi connectivity index (χ1) is 9.84. The maximum absolute atomic E-state index is 12.0. The molecule has 1 aromatic rings. The molecule has 2 rings (SSSR count). The number of hydrogen-bond donors (Lipinski definition) is 1. The fraction of sp³-hybridized carbons (Fsp3) is 0.333. The molecule has 0 aliphatic heterocycles. The third-order valence-electron chi connectivity index (χ3n) is 3.43. The summed E-state index contributed by atoms with van der Waals surface area (Å²) < 4.78 is 31.2. The summed E-state index contributed by atoms with van der Waals surface area (Å²) in [5.41, 5.74) is 1.16. The molecule has 0 saturated carbocycles. The van der Waals surface area contributed by atoms with E-state index in [1.54, 1.807) is 12.1 Å². The van der Waals surface area contributed by atoms with Gasteiger partial charge in [0.05, 0.1) is 0 Å². The van der Waals surface area contributed by atoms with Crippen LogP contribution in [0.4, 0.5) is 0 Å². The quantitative estimate of drug-likeness (QED) is 0.667. The zero-order chi connectivity index (χ0) is 15.6. The van der Waals surface area contributed by atoms with Gasteiger partial charge in [-0.1, -0.05) is 25.8 Å². The van der Waals surface area contributed by atoms with Crippen LogP contribution >= 0.6 is 0 Å². The number of Topliss-reactive ketones (excluding diaryl/α,β-unsaturated/α-hetero) is 1. The average molecular weight is 308 g/mol. The second-order valence-electron chi connectivity index (χ2n) is 5.01. The Morgan fingerprint density at radius 3 is 2.43 bits per heavy atom. The number of unbranched alkanes of at least 4 members (excludes halogenated alkanes) is 2. The summed E-state index contributed by atoms with van der Waals surface area (Å²) in [7, 11) is -4.69. The lowest BCUT2D eigenvalue weighted by molar-refractivity contribution is 0.0989. The van der Waals surface area contributed by atoms with Crippen LogP contribution in [0.3, 0.4) is 0 Å². The third-order valence-corrected chi connectivity index (χ3v) is 4.29. The van der Waals surface area contributed by atoms with Gasteiger partial charge >= 0.3 is 0 Å². The van der Waals surface area contributed by atoms with Crippen molar-refractivity contribution in [2.75, 3.05) is 0 Å². The lowest BCUT2D eigenvalue weighted by Gasteiger charge is -2.14. The molecule has 0 fully saturated rings. The minimum absolute atomic E-state index is 0.0226. The van der Waals surface area contributed by atoms with Gasteiger partial charge in [0.1, 0.15) is 4.91 Å². The van der Waals surface area contributed by atoms with Crippen molar-refractivity contribution in [1.29, 1.82) is 0 Å². The Hall–Kier alpha value is -1.79. The molecule has 0 unspecified atom stereocenters. The summed E-state index contributed by atoms with van der Waals surface area (Å²) in [5.74, 6) is -1.42. The molecule has 0 bridgehead atoms. The zero-order valence-electron chi connectivity index (χ0n) is 11.6. The van der Waals surface area contributed by atoms with E-state index in [4.69, 9.17) is 4.55 Å². The highest BCUT2D eigenvalue weighted by atomic mass is 32.2. The number of allylic oxidation sites excluding steroid dienone is 2. The van der Waals surface area contributed by atoms with E-state index in [2.05, 4.69) is 6.92 Å². The van der Waals surface area contributed by atoms with Crippen LogP contribution < -0.4 is 0 Å². The maximum atomic E-state index is 12.0. The fourth-order valence-corrected chi connectivity index (χ4v) is 2.91. The lowest BCUT2D eigenvalue weighted by atomic mass is 9.91. The average Bonchev–Trinajstić information content (AvgIpc) is 2.42. The first-order valence-electron chi connectivity index (χ1n) is 6.75. The number of aryl methyl sites for hydroxylation is 1. The Balaban J connectivity index is 2.37. The van der Waals surface area contributed by atoms with Crippen LogP contribution in [0.5, 0.6) is 0 Å². The van der Waals surface area contributed by atoms with Gasteiger partial charge in [0.15, 0.2) is 5.78 Å². The van der Waals surface area contributed by atoms with Crippen molar-refractivity contribution < 1.29 is 22.6 Å². The molecule has 0 saturated heterocycles. The summed E-state index contributed by atoms with van der Waals surface area (Å²) in [6.07, 6.45) is 4.65. The summed E-state index contributed by atoms with van der Waals surface area (Å²) in [6, 6.07) is 4.80. The predicted octanol–water partition coefficient (Wildman–Crippen LogP) is 2.57. The van der Waals surface area contributed by atoms with E-state index in [0.29, 0.717) is 6.08 Å². The summed E-state index contributed by atoms with van der Waals surface area (Å²) in [4.78, 5) is 23.1. The van der Waals surface area contributed by atoms with E-state index >= 15 is 0 Å². The smallest absolute Gasteiger partial charge is 0.289 e. The molecule has 0 amide bonds. The first kappa shape index (κ1) is 15.6. The molecule has 21 heavy (non-hydrogen) atoms. The normalized spacial score (nSPS) is 14.9. The number of hydrogen-bond acceptors (Lipinski definition) is 4. The van der Waals surface area contributed by atoms with Gasteiger partial charge in [0.25, 0.3) is 10.1 Å². The molecule has 1 N–H and O–H groups in total. The molecule has 5 nitrogen and oxygen atoms in total. The molecule has 6 heteroatoms. The van der Waals surface area contributed by atoms with Crippen LogP contribution in [-0.4, -0.2) is 24.5 Å². The second-order valence-corrected chi connectivity index (χ2v) is 6.40. The van der Waals surface area contributed by atoms with Gasteiger partial charge in [-0.3, -0.25) is 14.1 Å². The zero-order valence-corrected chi connectivity index (χ0v) is 12.4. The van der Waals surface area contributed by atoms with Crippen LogP contribution in [0.15, 0.2) is 29.2 Å². The van der Waals surface area contributed by atoms with Crippen molar-refractivity contribution in [1.82, 2.24) is 0 Å². The number of carbonyl (C=O) groups is 2. The van der Waals surface area contributed by atoms with Crippen LogP contribution in [-0.2, 0) is 16.5 Å². The Bertz CT molecular complexity index is 728. The third kappa shape index (κ3) is 3.28. The first-order valence-corrected chi connectivity index (χ1v) is 8.19. The second kappa shape index (κ2) is 5.91. The van der Waals surface area contributed by atoms with Gasteiger partial charge < -0.3 is 0 Å². The Labute approximate surface area is 123 Å². The minimum Gasteiger partial charge on any atom is -0.289 e. The molecular weight excluding hydrogens is 292 g/mol. The predicted molar refractivity (Wildman–Crippen MR) is 78.0 cm³/mol. The topological polar surface area (TPSA) is 88.5 Å². The van der Waals surface area contributed by atoms with Crippen molar-refractivity contribution in [2.24, 2.45) is 0 Å². The summed E-state index contributed by atoms with van der Waals surface area (Å²) in [6.45, 7) is 2.09. The highest BCUT2D eigenvalue weighted by molar-refractivity contribution is 7.91. The molecule has 0 radical (unpaired) electrons. The number of rotatable bonds is 5. The van der Waals surface area contributed by atoms with Gasteiger partial charge in [0, 0.05) is 17.2 Å². The minimum atomic E-state index is -4.69. The molecule has 0 spiro atoms. The molecule has 0 heterocycles. The lowest BCUT2D eigenvalue weighted by Crippen LogP contribution is -2.22. The highest BCUT2D eigenvalue weighted by Crippen LogP contribution is 2.25. The monoisotopic (exact) mass is 308 g/mol. The van der Waals surface area contributed by atoms with Gasteiger partial charge in [-0.25, -0.2) is 0 Å². The van der Waals surface area contributed by atoms with Crippen LogP contribution in [0, 0.1) is 0 Å². The van der Waals surface area contributed by atoms with Gasteiger partial charge in [0.2, 0.25) is 5.78 Å². The van der Waals surface area contributed by atoms with E-state index in [1.165, 1.54) is 6.07 Å². The molecular formula is C15H16O5S. The largest absolute Gasteiger partial charge is 0.298 e. The van der Waals surface area contributed by atoms with Crippen molar-refractivity contribution in [3.63, 3.8) is 0 Å². The van der Waals surface area contributed by atoms with Crippen LogP contribution in [0.2, 0.25) is 0 Å². The van der Waals surface area contributed by atoms with Crippen molar-refractivity contribution in [2.45, 2.75) is 32.6 Å². The molecule has 1 aliphatic carbocycles. The number of benzene rings is 1. The van der Waals surface area contributed by atoms with E-state index < -0.39 is 26.6 Å². The van der Waals surface area contributed by atoms with Gasteiger partial charge in [-0.15, -0.1) is 0 Å². The fourth-order valence-electron chi connectivity index (χ4n) is 2.31. The number of carbonyl (C=O) groups excluding carboxylic acids is 2. The SMILES string of the molecule is CCCCCc1ccc2c(c1)C(=O)C=C(S(=O)(=O)O)C2=O. The standard InChI is InChI=1S/C15H16O5S/c1-2-3-4-5-10-6-7-11-12(8-10)13(16)9-14(15(11)17)21(18,19)20/h6-9H,2-5H2,1H3,(H,18,19,20). The molecule has 1 aromatic carbocycles. The van der Waals surface area contributed by atoms with E-state index in [-0.39, 0.29) is 11.1 Å². The van der Waals surface area contributed by atoms with Crippen LogP contribution in [0.25, 0.3) is 0 Å². The van der Waals surface area contributed by atoms with E-state index in [9.17, 15) is 18.0 Å². The molecule has 0 aromatic heterocycles. The van der Waals surface area contributed by atoms with E-state index in [1.807, 2.05) is 0 Å². The molecule has 1 aliphatic rings. The molecule has 112 valence electrons. The number of fused-ring (bicyclic) bond motifs is 1. The number of ketones is 2. The maximum Gasteiger partial charge on any atom is 0.298 e.